The summed E-state index contributed by atoms with van der Waals surface area (Å²) >= 11 is 0. The lowest BCUT2D eigenvalue weighted by atomic mass is 10.1. The molecule has 0 aromatic heterocycles. The minimum atomic E-state index is -0.815. The molecule has 1 N–H and O–H groups in total. The van der Waals surface area contributed by atoms with E-state index in [1.807, 2.05) is 26.0 Å². The van der Waals surface area contributed by atoms with Crippen LogP contribution in [0.25, 0.3) is 0 Å². The van der Waals surface area contributed by atoms with Gasteiger partial charge in [0.15, 0.2) is 6.10 Å². The van der Waals surface area contributed by atoms with E-state index < -0.39 is 12.1 Å². The predicted molar refractivity (Wildman–Crippen MR) is 84.7 cm³/mol. The highest BCUT2D eigenvalue weighted by Gasteiger charge is 2.25. The molecular formula is C17H25NO4. The molecule has 5 heteroatoms. The van der Waals surface area contributed by atoms with Gasteiger partial charge in [0.05, 0.1) is 12.2 Å². The monoisotopic (exact) mass is 307 g/mol. The van der Waals surface area contributed by atoms with Crippen molar-refractivity contribution in [2.75, 3.05) is 19.7 Å². The van der Waals surface area contributed by atoms with Crippen molar-refractivity contribution < 1.29 is 19.4 Å². The van der Waals surface area contributed by atoms with Crippen LogP contribution in [-0.4, -0.2) is 47.7 Å². The van der Waals surface area contributed by atoms with E-state index in [0.717, 1.165) is 12.0 Å². The standard InChI is InChI=1S/C17H25NO4/c1-4-13-7-9-14(10-8-13)17(21)22-15(5-2)16(20)18(6-3)11-12-19/h7-10,15,19H,4-6,11-12H2,1-3H3. The van der Waals surface area contributed by atoms with Crippen LogP contribution in [0.2, 0.25) is 0 Å². The third-order valence-corrected chi connectivity index (χ3v) is 3.56. The number of likely N-dealkylation sites (N-methyl/N-ethyl adjacent to an activating group) is 1. The molecule has 0 aliphatic rings. The van der Waals surface area contributed by atoms with Crippen LogP contribution in [0.15, 0.2) is 24.3 Å². The number of aliphatic hydroxyl groups excluding tert-OH is 1. The minimum Gasteiger partial charge on any atom is -0.449 e. The Labute approximate surface area is 131 Å². The second kappa shape index (κ2) is 9.20. The molecule has 1 atom stereocenters. The average molecular weight is 307 g/mol. The predicted octanol–water partition coefficient (Wildman–Crippen LogP) is 2.03. The second-order valence-electron chi connectivity index (χ2n) is 4.99. The lowest BCUT2D eigenvalue weighted by Gasteiger charge is -2.25. The fourth-order valence-electron chi connectivity index (χ4n) is 2.13. The molecule has 0 fully saturated rings. The van der Waals surface area contributed by atoms with Gasteiger partial charge in [-0.25, -0.2) is 4.79 Å². The Hall–Kier alpha value is -1.88. The number of hydrogen-bond acceptors (Lipinski definition) is 4. The summed E-state index contributed by atoms with van der Waals surface area (Å²) in [7, 11) is 0. The maximum Gasteiger partial charge on any atom is 0.338 e. The topological polar surface area (TPSA) is 66.8 Å². The number of aliphatic hydroxyl groups is 1. The van der Waals surface area contributed by atoms with Crippen molar-refractivity contribution in [3.8, 4) is 0 Å². The van der Waals surface area contributed by atoms with Gasteiger partial charge >= 0.3 is 5.97 Å². The molecule has 0 aliphatic carbocycles. The summed E-state index contributed by atoms with van der Waals surface area (Å²) < 4.78 is 5.34. The molecule has 0 saturated carbocycles. The largest absolute Gasteiger partial charge is 0.449 e. The van der Waals surface area contributed by atoms with E-state index in [-0.39, 0.29) is 19.1 Å². The first kappa shape index (κ1) is 18.2. The SMILES string of the molecule is CCc1ccc(C(=O)OC(CC)C(=O)N(CC)CCO)cc1. The number of rotatable bonds is 8. The van der Waals surface area contributed by atoms with Gasteiger partial charge in [0.1, 0.15) is 0 Å². The smallest absolute Gasteiger partial charge is 0.338 e. The van der Waals surface area contributed by atoms with Crippen molar-refractivity contribution in [3.05, 3.63) is 35.4 Å². The molecule has 0 heterocycles. The fourth-order valence-corrected chi connectivity index (χ4v) is 2.13. The highest BCUT2D eigenvalue weighted by Crippen LogP contribution is 2.11. The summed E-state index contributed by atoms with van der Waals surface area (Å²) in [6, 6.07) is 7.18. The number of aryl methyl sites for hydroxylation is 1. The molecule has 1 aromatic carbocycles. The maximum absolute atomic E-state index is 12.3. The van der Waals surface area contributed by atoms with Crippen LogP contribution >= 0.6 is 0 Å². The number of esters is 1. The summed E-state index contributed by atoms with van der Waals surface area (Å²) in [6.45, 7) is 6.27. The van der Waals surface area contributed by atoms with Gasteiger partial charge in [0.25, 0.3) is 5.91 Å². The molecule has 1 aromatic rings. The Kier molecular flexibility index (Phi) is 7.60. The van der Waals surface area contributed by atoms with Crippen LogP contribution in [0.5, 0.6) is 0 Å². The molecule has 0 saturated heterocycles. The fraction of sp³-hybridized carbons (Fsp3) is 0.529. The zero-order chi connectivity index (χ0) is 16.5. The summed E-state index contributed by atoms with van der Waals surface area (Å²) in [4.78, 5) is 25.9. The van der Waals surface area contributed by atoms with E-state index in [1.54, 1.807) is 19.1 Å². The Balaban J connectivity index is 2.75. The first-order valence-electron chi connectivity index (χ1n) is 7.76. The van der Waals surface area contributed by atoms with Crippen LogP contribution in [0, 0.1) is 0 Å². The van der Waals surface area contributed by atoms with Gasteiger partial charge in [0, 0.05) is 13.1 Å². The molecule has 1 rings (SSSR count). The quantitative estimate of drug-likeness (QED) is 0.746. The number of benzene rings is 1. The second-order valence-corrected chi connectivity index (χ2v) is 4.99. The Morgan fingerprint density at radius 3 is 2.27 bits per heavy atom. The van der Waals surface area contributed by atoms with Gasteiger partial charge in [-0.1, -0.05) is 26.0 Å². The van der Waals surface area contributed by atoms with Gasteiger partial charge in [-0.05, 0) is 37.5 Å². The van der Waals surface area contributed by atoms with Crippen molar-refractivity contribution in [3.63, 3.8) is 0 Å². The summed E-state index contributed by atoms with van der Waals surface area (Å²) in [5.74, 6) is -0.763. The Morgan fingerprint density at radius 2 is 1.82 bits per heavy atom. The van der Waals surface area contributed by atoms with Crippen molar-refractivity contribution in [2.24, 2.45) is 0 Å². The first-order chi connectivity index (χ1) is 10.6. The van der Waals surface area contributed by atoms with Crippen molar-refractivity contribution >= 4 is 11.9 Å². The minimum absolute atomic E-state index is 0.109. The van der Waals surface area contributed by atoms with Gasteiger partial charge in [-0.3, -0.25) is 4.79 Å². The van der Waals surface area contributed by atoms with Gasteiger partial charge in [-0.2, -0.15) is 0 Å². The summed E-state index contributed by atoms with van der Waals surface area (Å²) in [6.07, 6.45) is 0.488. The highest BCUT2D eigenvalue weighted by atomic mass is 16.5. The first-order valence-corrected chi connectivity index (χ1v) is 7.76. The Morgan fingerprint density at radius 1 is 1.18 bits per heavy atom. The van der Waals surface area contributed by atoms with E-state index in [9.17, 15) is 9.59 Å². The van der Waals surface area contributed by atoms with E-state index in [2.05, 4.69) is 0 Å². The molecule has 1 amide bonds. The van der Waals surface area contributed by atoms with Crippen LogP contribution in [0.4, 0.5) is 0 Å². The molecule has 0 spiro atoms. The lowest BCUT2D eigenvalue weighted by Crippen LogP contribution is -2.42. The number of amides is 1. The molecule has 122 valence electrons. The molecular weight excluding hydrogens is 282 g/mol. The number of nitrogens with zero attached hydrogens (tertiary/aromatic N) is 1. The van der Waals surface area contributed by atoms with Crippen LogP contribution in [0.3, 0.4) is 0 Å². The number of carbonyl (C=O) groups is 2. The molecule has 5 nitrogen and oxygen atoms in total. The number of hydrogen-bond donors (Lipinski definition) is 1. The average Bonchev–Trinajstić information content (AvgIpc) is 2.56. The third kappa shape index (κ3) is 4.84. The van der Waals surface area contributed by atoms with E-state index in [0.29, 0.717) is 18.5 Å². The number of carbonyl (C=O) groups excluding carboxylic acids is 2. The molecule has 22 heavy (non-hydrogen) atoms. The molecule has 0 radical (unpaired) electrons. The summed E-state index contributed by atoms with van der Waals surface area (Å²) in [5, 5.41) is 8.98. The zero-order valence-electron chi connectivity index (χ0n) is 13.5. The van der Waals surface area contributed by atoms with Crippen LogP contribution < -0.4 is 0 Å². The Bertz CT molecular complexity index is 484. The van der Waals surface area contributed by atoms with E-state index in [1.165, 1.54) is 4.90 Å². The maximum atomic E-state index is 12.3. The zero-order valence-corrected chi connectivity index (χ0v) is 13.5. The third-order valence-electron chi connectivity index (χ3n) is 3.56. The van der Waals surface area contributed by atoms with Gasteiger partial charge in [-0.15, -0.1) is 0 Å². The molecule has 1 unspecified atom stereocenters. The molecule has 0 aliphatic heterocycles. The normalized spacial score (nSPS) is 11.8. The van der Waals surface area contributed by atoms with E-state index >= 15 is 0 Å². The summed E-state index contributed by atoms with van der Waals surface area (Å²) in [5.41, 5.74) is 1.58. The van der Waals surface area contributed by atoms with Gasteiger partial charge < -0.3 is 14.7 Å². The lowest BCUT2D eigenvalue weighted by molar-refractivity contribution is -0.141. The van der Waals surface area contributed by atoms with Crippen LogP contribution in [0.1, 0.15) is 43.1 Å². The molecule has 0 bridgehead atoms. The van der Waals surface area contributed by atoms with Crippen LogP contribution in [-0.2, 0) is 16.0 Å². The van der Waals surface area contributed by atoms with Crippen molar-refractivity contribution in [1.82, 2.24) is 4.90 Å². The highest BCUT2D eigenvalue weighted by molar-refractivity contribution is 5.92. The van der Waals surface area contributed by atoms with Gasteiger partial charge in [0.2, 0.25) is 0 Å². The van der Waals surface area contributed by atoms with Crippen molar-refractivity contribution in [1.29, 1.82) is 0 Å². The number of ether oxygens (including phenoxy) is 1. The van der Waals surface area contributed by atoms with E-state index in [4.69, 9.17) is 9.84 Å². The van der Waals surface area contributed by atoms with Crippen molar-refractivity contribution in [2.45, 2.75) is 39.7 Å².